The summed E-state index contributed by atoms with van der Waals surface area (Å²) in [6.07, 6.45) is 6.53. The van der Waals surface area contributed by atoms with E-state index in [0.717, 1.165) is 64.3 Å². The number of pyridine rings is 1. The van der Waals surface area contributed by atoms with E-state index < -0.39 is 11.6 Å². The first-order valence-electron chi connectivity index (χ1n) is 11.1. The van der Waals surface area contributed by atoms with Gasteiger partial charge in [-0.3, -0.25) is 4.98 Å². The summed E-state index contributed by atoms with van der Waals surface area (Å²) >= 11 is 0. The van der Waals surface area contributed by atoms with E-state index in [9.17, 15) is 8.78 Å². The lowest BCUT2D eigenvalue weighted by Crippen LogP contribution is -2.05. The van der Waals surface area contributed by atoms with Crippen molar-refractivity contribution >= 4 is 17.0 Å². The van der Waals surface area contributed by atoms with Crippen molar-refractivity contribution in [2.24, 2.45) is 0 Å². The van der Waals surface area contributed by atoms with Crippen molar-refractivity contribution in [2.45, 2.75) is 46.6 Å². The number of aromatic nitrogens is 2. The van der Waals surface area contributed by atoms with Crippen molar-refractivity contribution in [3.63, 3.8) is 0 Å². The second-order valence-electron chi connectivity index (χ2n) is 8.25. The Morgan fingerprint density at radius 3 is 2.59 bits per heavy atom. The highest BCUT2D eigenvalue weighted by Gasteiger charge is 2.21. The number of rotatable bonds is 7. The Labute approximate surface area is 188 Å². The number of benzene rings is 2. The van der Waals surface area contributed by atoms with Crippen molar-refractivity contribution in [2.75, 3.05) is 0 Å². The molecule has 164 valence electrons. The Kier molecular flexibility index (Phi) is 6.22. The Morgan fingerprint density at radius 2 is 1.88 bits per heavy atom. The third-order valence-electron chi connectivity index (χ3n) is 5.95. The van der Waals surface area contributed by atoms with E-state index in [1.54, 1.807) is 0 Å². The lowest BCUT2D eigenvalue weighted by atomic mass is 9.96. The zero-order valence-electron chi connectivity index (χ0n) is 18.9. The van der Waals surface area contributed by atoms with Crippen molar-refractivity contribution < 1.29 is 8.78 Å². The van der Waals surface area contributed by atoms with E-state index in [0.29, 0.717) is 5.56 Å². The minimum Gasteiger partial charge on any atom is -0.336 e. The van der Waals surface area contributed by atoms with E-state index in [1.807, 2.05) is 23.8 Å². The van der Waals surface area contributed by atoms with Crippen LogP contribution in [0.2, 0.25) is 0 Å². The first-order valence-corrected chi connectivity index (χ1v) is 11.1. The lowest BCUT2D eigenvalue weighted by molar-refractivity contribution is 0.578. The molecule has 0 aliphatic carbocycles. The molecular weight excluding hydrogens is 402 g/mol. The van der Waals surface area contributed by atoms with E-state index in [4.69, 9.17) is 0 Å². The van der Waals surface area contributed by atoms with Crippen molar-refractivity contribution in [1.82, 2.24) is 9.55 Å². The fraction of sp³-hybridized carbons (Fsp3) is 0.250. The minimum absolute atomic E-state index is 0.218. The summed E-state index contributed by atoms with van der Waals surface area (Å²) in [6.45, 7) is 10.6. The van der Waals surface area contributed by atoms with Crippen molar-refractivity contribution in [3.05, 3.63) is 95.0 Å². The van der Waals surface area contributed by atoms with Gasteiger partial charge in [-0.25, -0.2) is 8.78 Å². The molecule has 2 heterocycles. The second kappa shape index (κ2) is 9.07. The fourth-order valence-corrected chi connectivity index (χ4v) is 4.46. The summed E-state index contributed by atoms with van der Waals surface area (Å²) in [5.74, 6) is -0.862. The molecule has 0 N–H and O–H groups in total. The predicted octanol–water partition coefficient (Wildman–Crippen LogP) is 7.50. The van der Waals surface area contributed by atoms with Crippen LogP contribution >= 0.6 is 0 Å². The molecule has 0 saturated heterocycles. The molecule has 4 heteroatoms. The fourth-order valence-electron chi connectivity index (χ4n) is 4.46. The summed E-state index contributed by atoms with van der Waals surface area (Å²) in [4.78, 5) is 4.68. The van der Waals surface area contributed by atoms with Gasteiger partial charge in [0, 0.05) is 45.2 Å². The third kappa shape index (κ3) is 3.97. The van der Waals surface area contributed by atoms with Crippen LogP contribution in [0.4, 0.5) is 8.78 Å². The first kappa shape index (κ1) is 21.9. The Morgan fingerprint density at radius 1 is 1.06 bits per heavy atom. The number of halogens is 2. The number of nitrogens with zero attached hydrogens (tertiary/aromatic N) is 2. The largest absolute Gasteiger partial charge is 0.336 e. The lowest BCUT2D eigenvalue weighted by Gasteiger charge is -2.12. The molecule has 4 aromatic rings. The molecule has 2 nitrogen and oxygen atoms in total. The average molecular weight is 431 g/mol. The first-order chi connectivity index (χ1) is 15.5. The monoisotopic (exact) mass is 430 g/mol. The molecule has 0 radical (unpaired) electrons. The summed E-state index contributed by atoms with van der Waals surface area (Å²) in [5, 5.41) is 1.09. The molecule has 0 unspecified atom stereocenters. The number of hydrogen-bond donors (Lipinski definition) is 0. The van der Waals surface area contributed by atoms with Gasteiger partial charge in [0.05, 0.1) is 6.54 Å². The summed E-state index contributed by atoms with van der Waals surface area (Å²) in [7, 11) is 0. The maximum Gasteiger partial charge on any atom is 0.128 e. The molecule has 2 aromatic carbocycles. The van der Waals surface area contributed by atoms with Gasteiger partial charge in [0.1, 0.15) is 11.6 Å². The summed E-state index contributed by atoms with van der Waals surface area (Å²) < 4.78 is 30.5. The minimum atomic E-state index is -0.445. The standard InChI is InChI=1S/C28H28F2N2/c1-5-8-19-9-12-27-23(14-19)28(22-13-18(4)16-31-25(22)6-2)26(7-3)32(27)17-20-15-21(29)10-11-24(20)30/h7,9-16H,3,5-6,8,17H2,1-2,4H3. The van der Waals surface area contributed by atoms with Crippen molar-refractivity contribution in [3.8, 4) is 11.1 Å². The van der Waals surface area contributed by atoms with Gasteiger partial charge in [0.25, 0.3) is 0 Å². The molecule has 0 spiro atoms. The van der Waals surface area contributed by atoms with Crippen LogP contribution in [-0.4, -0.2) is 9.55 Å². The third-order valence-corrected chi connectivity index (χ3v) is 5.95. The highest BCUT2D eigenvalue weighted by atomic mass is 19.1. The maximum atomic E-state index is 14.5. The number of fused-ring (bicyclic) bond motifs is 1. The Hall–Kier alpha value is -3.27. The van der Waals surface area contributed by atoms with Crippen molar-refractivity contribution in [1.29, 1.82) is 0 Å². The smallest absolute Gasteiger partial charge is 0.128 e. The molecule has 0 fully saturated rings. The molecule has 32 heavy (non-hydrogen) atoms. The Balaban J connectivity index is 2.04. The molecular formula is C28H28F2N2. The summed E-state index contributed by atoms with van der Waals surface area (Å²) in [6, 6.07) is 12.2. The van der Waals surface area contributed by atoms with E-state index >= 15 is 0 Å². The molecule has 4 rings (SSSR count). The van der Waals surface area contributed by atoms with Gasteiger partial charge in [0.15, 0.2) is 0 Å². The van der Waals surface area contributed by atoms with Crippen LogP contribution in [0, 0.1) is 18.6 Å². The highest BCUT2D eigenvalue weighted by molar-refractivity contribution is 6.01. The highest BCUT2D eigenvalue weighted by Crippen LogP contribution is 2.39. The average Bonchev–Trinajstić information content (AvgIpc) is 3.09. The molecule has 0 saturated carbocycles. The van der Waals surface area contributed by atoms with Crippen LogP contribution in [0.25, 0.3) is 28.1 Å². The molecule has 0 atom stereocenters. The van der Waals surface area contributed by atoms with Gasteiger partial charge in [-0.1, -0.05) is 32.9 Å². The van der Waals surface area contributed by atoms with Crippen LogP contribution in [0.1, 0.15) is 48.3 Å². The molecule has 0 amide bonds. The van der Waals surface area contributed by atoms with Gasteiger partial charge in [-0.2, -0.15) is 0 Å². The normalized spacial score (nSPS) is 11.3. The van der Waals surface area contributed by atoms with Crippen LogP contribution in [-0.2, 0) is 19.4 Å². The zero-order chi connectivity index (χ0) is 22.8. The van der Waals surface area contributed by atoms with Gasteiger partial charge in [-0.05, 0) is 73.4 Å². The molecule has 2 aromatic heterocycles. The van der Waals surface area contributed by atoms with E-state index in [2.05, 4.69) is 49.7 Å². The van der Waals surface area contributed by atoms with Crippen LogP contribution < -0.4 is 0 Å². The number of aryl methyl sites for hydroxylation is 3. The van der Waals surface area contributed by atoms with Gasteiger partial charge < -0.3 is 4.57 Å². The second-order valence-corrected chi connectivity index (χ2v) is 8.25. The van der Waals surface area contributed by atoms with E-state index in [-0.39, 0.29) is 6.54 Å². The predicted molar refractivity (Wildman–Crippen MR) is 129 cm³/mol. The van der Waals surface area contributed by atoms with Gasteiger partial charge in [-0.15, -0.1) is 0 Å². The molecule has 0 aliphatic heterocycles. The SMILES string of the molecule is C=Cc1c(-c2cc(C)cnc2CC)c2cc(CCC)ccc2n1Cc1cc(F)ccc1F. The van der Waals surface area contributed by atoms with Crippen LogP contribution in [0.15, 0.2) is 55.2 Å². The van der Waals surface area contributed by atoms with Crippen LogP contribution in [0.3, 0.4) is 0 Å². The number of hydrogen-bond acceptors (Lipinski definition) is 1. The maximum absolute atomic E-state index is 14.5. The van der Waals surface area contributed by atoms with Crippen LogP contribution in [0.5, 0.6) is 0 Å². The van der Waals surface area contributed by atoms with Gasteiger partial charge in [0.2, 0.25) is 0 Å². The quantitative estimate of drug-likeness (QED) is 0.297. The molecule has 0 bridgehead atoms. The Bertz CT molecular complexity index is 1300. The summed E-state index contributed by atoms with van der Waals surface area (Å²) in [5.41, 5.74) is 7.64. The topological polar surface area (TPSA) is 17.8 Å². The van der Waals surface area contributed by atoms with Gasteiger partial charge >= 0.3 is 0 Å². The zero-order valence-corrected chi connectivity index (χ0v) is 18.9. The van der Waals surface area contributed by atoms with E-state index in [1.165, 1.54) is 17.7 Å². The molecule has 0 aliphatic rings.